The number of rotatable bonds is 5. The molecule has 0 radical (unpaired) electrons. The largest absolute Gasteiger partial charge is 0.435 e. The quantitative estimate of drug-likeness (QED) is 0.443. The minimum absolute atomic E-state index is 0.107. The van der Waals surface area contributed by atoms with Gasteiger partial charge in [-0.15, -0.1) is 11.3 Å². The first-order valence-electron chi connectivity index (χ1n) is 8.63. The van der Waals surface area contributed by atoms with E-state index >= 15 is 0 Å². The Kier molecular flexibility index (Phi) is 5.12. The fourth-order valence-corrected chi connectivity index (χ4v) is 4.61. The summed E-state index contributed by atoms with van der Waals surface area (Å²) in [5, 5.41) is 5.48. The zero-order valence-corrected chi connectivity index (χ0v) is 16.8. The summed E-state index contributed by atoms with van der Waals surface area (Å²) in [5.41, 5.74) is -0.0465. The topological polar surface area (TPSA) is 64.0 Å². The fraction of sp³-hybridized carbons (Fsp3) is 0.0500. The van der Waals surface area contributed by atoms with Crippen LogP contribution in [0.5, 0.6) is 0 Å². The van der Waals surface area contributed by atoms with Crippen LogP contribution in [-0.2, 0) is 16.2 Å². The third-order valence-corrected chi connectivity index (χ3v) is 6.48. The van der Waals surface area contributed by atoms with Crippen LogP contribution in [0, 0.1) is 0 Å². The van der Waals surface area contributed by atoms with Gasteiger partial charge >= 0.3 is 6.18 Å². The van der Waals surface area contributed by atoms with Crippen molar-refractivity contribution >= 4 is 27.0 Å². The van der Waals surface area contributed by atoms with Gasteiger partial charge in [0.2, 0.25) is 0 Å². The Hall–Kier alpha value is -3.11. The molecule has 5 nitrogen and oxygen atoms in total. The molecule has 4 aromatic rings. The highest BCUT2D eigenvalue weighted by atomic mass is 32.2. The summed E-state index contributed by atoms with van der Waals surface area (Å²) in [6.07, 6.45) is -4.58. The van der Waals surface area contributed by atoms with Crippen molar-refractivity contribution in [2.75, 3.05) is 4.72 Å². The molecule has 1 N–H and O–H groups in total. The molecular formula is C20H14F3N3O2S2. The number of benzene rings is 2. The highest BCUT2D eigenvalue weighted by Gasteiger charge is 2.35. The highest BCUT2D eigenvalue weighted by molar-refractivity contribution is 7.92. The number of halogens is 3. The maximum absolute atomic E-state index is 13.2. The Morgan fingerprint density at radius 1 is 0.933 bits per heavy atom. The van der Waals surface area contributed by atoms with Gasteiger partial charge in [-0.3, -0.25) is 4.72 Å². The molecule has 2 heterocycles. The average Bonchev–Trinajstić information content (AvgIpc) is 3.38. The monoisotopic (exact) mass is 449 g/mol. The lowest BCUT2D eigenvalue weighted by Crippen LogP contribution is -2.12. The Balaban J connectivity index is 1.67. The van der Waals surface area contributed by atoms with Crippen LogP contribution in [0.1, 0.15) is 5.69 Å². The first-order chi connectivity index (χ1) is 14.2. The maximum atomic E-state index is 13.2. The molecule has 0 atom stereocenters. The summed E-state index contributed by atoms with van der Waals surface area (Å²) in [6.45, 7) is 0. The van der Waals surface area contributed by atoms with Gasteiger partial charge in [0.15, 0.2) is 5.69 Å². The van der Waals surface area contributed by atoms with E-state index in [2.05, 4.69) is 9.82 Å². The number of thiophene rings is 1. The molecule has 0 bridgehead atoms. The summed E-state index contributed by atoms with van der Waals surface area (Å²) in [7, 11) is -3.77. The molecule has 4 rings (SSSR count). The first-order valence-corrected chi connectivity index (χ1v) is 11.0. The summed E-state index contributed by atoms with van der Waals surface area (Å²) < 4.78 is 68.1. The molecule has 30 heavy (non-hydrogen) atoms. The lowest BCUT2D eigenvalue weighted by molar-refractivity contribution is -0.141. The van der Waals surface area contributed by atoms with Gasteiger partial charge in [-0.1, -0.05) is 24.3 Å². The summed E-state index contributed by atoms with van der Waals surface area (Å²) in [5.74, 6) is 0. The van der Waals surface area contributed by atoms with Gasteiger partial charge in [0.25, 0.3) is 10.0 Å². The average molecular weight is 449 g/mol. The maximum Gasteiger partial charge on any atom is 0.435 e. The van der Waals surface area contributed by atoms with Gasteiger partial charge in [-0.2, -0.15) is 18.3 Å². The van der Waals surface area contributed by atoms with Crippen molar-refractivity contribution in [3.8, 4) is 16.3 Å². The van der Waals surface area contributed by atoms with E-state index in [1.54, 1.807) is 35.7 Å². The predicted octanol–water partition coefficient (Wildman–Crippen LogP) is 5.42. The lowest BCUT2D eigenvalue weighted by atomic mass is 10.2. The molecule has 0 saturated carbocycles. The van der Waals surface area contributed by atoms with E-state index in [0.29, 0.717) is 16.3 Å². The van der Waals surface area contributed by atoms with Crippen LogP contribution in [0.2, 0.25) is 0 Å². The number of alkyl halides is 3. The lowest BCUT2D eigenvalue weighted by Gasteiger charge is -2.10. The standard InChI is InChI=1S/C20H14F3N3O2S2/c21-20(22,23)19-13-17(18-7-4-12-29-18)26(24-19)15-10-8-14(9-11-15)25-30(27,28)16-5-2-1-3-6-16/h1-13,25H. The van der Waals surface area contributed by atoms with Crippen molar-refractivity contribution < 1.29 is 21.6 Å². The fourth-order valence-electron chi connectivity index (χ4n) is 2.80. The Bertz CT molecular complexity index is 1250. The number of hydrogen-bond acceptors (Lipinski definition) is 4. The predicted molar refractivity (Wildman–Crippen MR) is 109 cm³/mol. The summed E-state index contributed by atoms with van der Waals surface area (Å²) >= 11 is 1.30. The molecule has 2 aromatic carbocycles. The van der Waals surface area contributed by atoms with Gasteiger partial charge in [0.1, 0.15) is 0 Å². The minimum atomic E-state index is -4.58. The van der Waals surface area contributed by atoms with Crippen LogP contribution >= 0.6 is 11.3 Å². The van der Waals surface area contributed by atoms with E-state index in [0.717, 1.165) is 6.07 Å². The molecule has 2 aromatic heterocycles. The van der Waals surface area contributed by atoms with E-state index in [-0.39, 0.29) is 10.6 Å². The van der Waals surface area contributed by atoms with E-state index in [1.165, 1.54) is 52.4 Å². The van der Waals surface area contributed by atoms with Crippen LogP contribution in [-0.4, -0.2) is 18.2 Å². The molecule has 0 aliphatic rings. The molecule has 0 spiro atoms. The first kappa shape index (κ1) is 20.2. The highest BCUT2D eigenvalue weighted by Crippen LogP contribution is 2.35. The van der Waals surface area contributed by atoms with Crippen molar-refractivity contribution in [3.63, 3.8) is 0 Å². The molecule has 154 valence electrons. The third-order valence-electron chi connectivity index (χ3n) is 4.19. The van der Waals surface area contributed by atoms with Gasteiger partial charge < -0.3 is 0 Å². The van der Waals surface area contributed by atoms with Crippen molar-refractivity contribution in [3.05, 3.63) is 83.9 Å². The number of nitrogens with zero attached hydrogens (tertiary/aromatic N) is 2. The second kappa shape index (κ2) is 7.62. The van der Waals surface area contributed by atoms with Crippen LogP contribution in [0.4, 0.5) is 18.9 Å². The Morgan fingerprint density at radius 3 is 2.23 bits per heavy atom. The molecule has 0 fully saturated rings. The molecule has 0 aliphatic carbocycles. The van der Waals surface area contributed by atoms with Crippen LogP contribution in [0.25, 0.3) is 16.3 Å². The normalized spacial score (nSPS) is 12.1. The molecule has 0 amide bonds. The van der Waals surface area contributed by atoms with E-state index in [1.807, 2.05) is 0 Å². The van der Waals surface area contributed by atoms with E-state index in [4.69, 9.17) is 0 Å². The number of aromatic nitrogens is 2. The van der Waals surface area contributed by atoms with E-state index < -0.39 is 21.9 Å². The number of hydrogen-bond donors (Lipinski definition) is 1. The molecular weight excluding hydrogens is 435 g/mol. The molecule has 0 aliphatic heterocycles. The van der Waals surface area contributed by atoms with Gasteiger partial charge in [-0.05, 0) is 53.9 Å². The molecule has 0 saturated heterocycles. The van der Waals surface area contributed by atoms with Gasteiger partial charge in [-0.25, -0.2) is 13.1 Å². The number of nitrogens with one attached hydrogen (secondary N) is 1. The van der Waals surface area contributed by atoms with Crippen LogP contribution in [0.3, 0.4) is 0 Å². The van der Waals surface area contributed by atoms with Crippen LogP contribution in [0.15, 0.2) is 83.1 Å². The zero-order valence-electron chi connectivity index (χ0n) is 15.2. The van der Waals surface area contributed by atoms with Crippen molar-refractivity contribution in [1.82, 2.24) is 9.78 Å². The summed E-state index contributed by atoms with van der Waals surface area (Å²) in [4.78, 5) is 0.739. The summed E-state index contributed by atoms with van der Waals surface area (Å²) in [6, 6.07) is 18.3. The Labute approximate surface area is 174 Å². The number of anilines is 1. The minimum Gasteiger partial charge on any atom is -0.280 e. The molecule has 0 unspecified atom stereocenters. The van der Waals surface area contributed by atoms with Gasteiger partial charge in [0, 0.05) is 5.69 Å². The zero-order chi connectivity index (χ0) is 21.4. The van der Waals surface area contributed by atoms with Crippen LogP contribution < -0.4 is 4.72 Å². The third kappa shape index (κ3) is 4.10. The number of sulfonamides is 1. The molecule has 10 heteroatoms. The van der Waals surface area contributed by atoms with Crippen molar-refractivity contribution in [2.45, 2.75) is 11.1 Å². The smallest absolute Gasteiger partial charge is 0.280 e. The SMILES string of the molecule is O=S(=O)(Nc1ccc(-n2nc(C(F)(F)F)cc2-c2cccs2)cc1)c1ccccc1. The second-order valence-electron chi connectivity index (χ2n) is 6.27. The van der Waals surface area contributed by atoms with E-state index in [9.17, 15) is 21.6 Å². The van der Waals surface area contributed by atoms with Crippen molar-refractivity contribution in [2.24, 2.45) is 0 Å². The Morgan fingerprint density at radius 2 is 1.63 bits per heavy atom. The van der Waals surface area contributed by atoms with Crippen molar-refractivity contribution in [1.29, 1.82) is 0 Å². The second-order valence-corrected chi connectivity index (χ2v) is 8.90. The van der Waals surface area contributed by atoms with Gasteiger partial charge in [0.05, 0.1) is 21.2 Å².